The third kappa shape index (κ3) is 12.4. The first-order valence-electron chi connectivity index (χ1n) is 24.4. The molecule has 5 heteroatoms. The third-order valence-corrected chi connectivity index (χ3v) is 13.8. The number of aromatic nitrogens is 2. The molecule has 63 heavy (non-hydrogen) atoms. The summed E-state index contributed by atoms with van der Waals surface area (Å²) < 4.78 is 16.5. The topological polar surface area (TPSA) is 63.1 Å². The Balaban J connectivity index is 0.000000187. The number of allylic oxidation sites excluding steroid dienone is 2. The molecule has 0 bridgehead atoms. The molecule has 2 fully saturated rings. The number of aryl methyl sites for hydroxylation is 4. The van der Waals surface area contributed by atoms with Crippen LogP contribution in [0.25, 0.3) is 44.1 Å². The molecule has 8 rings (SSSR count). The van der Waals surface area contributed by atoms with Gasteiger partial charge in [-0.2, -0.15) is 0 Å². The van der Waals surface area contributed by atoms with Gasteiger partial charge in [-0.15, -0.1) is 69.8 Å². The fourth-order valence-electron chi connectivity index (χ4n) is 9.49. The summed E-state index contributed by atoms with van der Waals surface area (Å²) >= 11 is 0. The maximum Gasteiger partial charge on any atom is 0.162 e. The number of ketones is 1. The van der Waals surface area contributed by atoms with Crippen LogP contribution in [0.5, 0.6) is 0 Å². The normalized spacial score (nSPS) is 15.0. The van der Waals surface area contributed by atoms with Gasteiger partial charge in [-0.25, -0.2) is 0 Å². The van der Waals surface area contributed by atoms with Gasteiger partial charge < -0.3 is 15.1 Å². The van der Waals surface area contributed by atoms with Crippen molar-refractivity contribution < 1.29 is 32.7 Å². The quantitative estimate of drug-likeness (QED) is 0.0798. The van der Waals surface area contributed by atoms with Crippen LogP contribution in [0.4, 0.5) is 0 Å². The van der Waals surface area contributed by atoms with E-state index in [1.54, 1.807) is 0 Å². The van der Waals surface area contributed by atoms with E-state index in [1.807, 2.05) is 47.7 Å². The number of hydrogen-bond acceptors (Lipinski definition) is 4. The molecule has 2 aliphatic rings. The van der Waals surface area contributed by atoms with E-state index in [-0.39, 0.29) is 55.2 Å². The van der Waals surface area contributed by atoms with Crippen LogP contribution in [-0.4, -0.2) is 20.9 Å². The first kappa shape index (κ1) is 46.5. The molecule has 335 valence electrons. The van der Waals surface area contributed by atoms with E-state index >= 15 is 0 Å². The van der Waals surface area contributed by atoms with Crippen molar-refractivity contribution in [1.29, 1.82) is 0 Å². The second-order valence-electron chi connectivity index (χ2n) is 18.3. The van der Waals surface area contributed by atoms with Crippen molar-refractivity contribution >= 4 is 27.3 Å². The van der Waals surface area contributed by atoms with Gasteiger partial charge in [0.15, 0.2) is 5.78 Å². The molecule has 2 heterocycles. The molecule has 0 aliphatic heterocycles. The number of nitrogens with zero attached hydrogens (tertiary/aromatic N) is 2. The zero-order valence-electron chi connectivity index (χ0n) is 41.3. The fraction of sp³-hybridized carbons (Fsp3) is 0.431. The van der Waals surface area contributed by atoms with Crippen LogP contribution in [0.2, 0.25) is 0 Å². The maximum absolute atomic E-state index is 11.9. The molecule has 2 aromatic heterocycles. The summed E-state index contributed by atoms with van der Waals surface area (Å²) in [6, 6.07) is 31.0. The first-order chi connectivity index (χ1) is 30.7. The Bertz CT molecular complexity index is 2560. The molecular weight excluding hydrogens is 949 g/mol. The number of benzene rings is 4. The Morgan fingerprint density at radius 2 is 1.21 bits per heavy atom. The number of fused-ring (bicyclic) bond motifs is 2. The molecule has 0 atom stereocenters. The average molecular weight is 1020 g/mol. The Morgan fingerprint density at radius 1 is 0.730 bits per heavy atom. The van der Waals surface area contributed by atoms with Gasteiger partial charge in [0.2, 0.25) is 0 Å². The fourth-order valence-corrected chi connectivity index (χ4v) is 9.49. The van der Waals surface area contributed by atoms with Crippen molar-refractivity contribution in [3.05, 3.63) is 142 Å². The Morgan fingerprint density at radius 3 is 1.68 bits per heavy atom. The Labute approximate surface area is 395 Å². The maximum atomic E-state index is 11.9. The van der Waals surface area contributed by atoms with Gasteiger partial charge in [-0.1, -0.05) is 124 Å². The summed E-state index contributed by atoms with van der Waals surface area (Å²) in [4.78, 5) is 20.9. The van der Waals surface area contributed by atoms with Crippen molar-refractivity contribution in [2.45, 2.75) is 151 Å². The number of pyridine rings is 2. The first-order valence-corrected chi connectivity index (χ1v) is 23.4. The summed E-state index contributed by atoms with van der Waals surface area (Å²) in [5.41, 5.74) is 11.0. The summed E-state index contributed by atoms with van der Waals surface area (Å²) in [5, 5.41) is 14.3. The van der Waals surface area contributed by atoms with E-state index in [4.69, 9.17) is 2.74 Å². The van der Waals surface area contributed by atoms with Crippen LogP contribution in [0.1, 0.15) is 160 Å². The minimum Gasteiger partial charge on any atom is -0.512 e. The molecule has 1 radical (unpaired) electrons. The zero-order valence-corrected chi connectivity index (χ0v) is 41.7. The largest absolute Gasteiger partial charge is 0.512 e. The number of carbonyl (C=O) groups is 1. The van der Waals surface area contributed by atoms with E-state index in [9.17, 15) is 9.90 Å². The van der Waals surface area contributed by atoms with Crippen LogP contribution in [0, 0.1) is 51.2 Å². The van der Waals surface area contributed by atoms with Crippen molar-refractivity contribution in [2.75, 3.05) is 0 Å². The summed E-state index contributed by atoms with van der Waals surface area (Å²) in [6.45, 7) is 18.4. The van der Waals surface area contributed by atoms with Gasteiger partial charge in [0.25, 0.3) is 0 Å². The van der Waals surface area contributed by atoms with Crippen molar-refractivity contribution in [1.82, 2.24) is 9.97 Å². The molecule has 1 N–H and O–H groups in total. The molecule has 4 aromatic carbocycles. The summed E-state index contributed by atoms with van der Waals surface area (Å²) in [5.74, 6) is 1.72. The number of aliphatic hydroxyl groups is 1. The molecule has 0 spiro atoms. The van der Waals surface area contributed by atoms with Crippen LogP contribution >= 0.6 is 0 Å². The van der Waals surface area contributed by atoms with Crippen molar-refractivity contribution in [2.24, 2.45) is 11.3 Å². The van der Waals surface area contributed by atoms with Crippen LogP contribution in [0.3, 0.4) is 0 Å². The van der Waals surface area contributed by atoms with E-state index in [0.717, 1.165) is 76.0 Å². The molecule has 4 nitrogen and oxygen atoms in total. The second kappa shape index (κ2) is 23.0. The predicted octanol–water partition coefficient (Wildman–Crippen LogP) is 16.2. The van der Waals surface area contributed by atoms with Gasteiger partial charge >= 0.3 is 0 Å². The van der Waals surface area contributed by atoms with E-state index in [1.165, 1.54) is 90.5 Å². The second-order valence-corrected chi connectivity index (χ2v) is 18.3. The van der Waals surface area contributed by atoms with Crippen molar-refractivity contribution in [3.63, 3.8) is 0 Å². The molecule has 0 amide bonds. The van der Waals surface area contributed by atoms with Gasteiger partial charge in [0, 0.05) is 49.9 Å². The van der Waals surface area contributed by atoms with Gasteiger partial charge in [-0.05, 0) is 119 Å². The average Bonchev–Trinajstić information content (AvgIpc) is 4.04. The summed E-state index contributed by atoms with van der Waals surface area (Å²) in [6.07, 6.45) is 17.3. The number of hydrogen-bond donors (Lipinski definition) is 1. The van der Waals surface area contributed by atoms with Crippen LogP contribution < -0.4 is 0 Å². The molecular formula is C58H70IrN2O2-2. The third-order valence-electron chi connectivity index (χ3n) is 13.8. The standard InChI is InChI=1S/2C22H22N.C14H26O2.Ir/c2*1-15-11-16(2)13-20(12-15)22-21-8-7-18(17-5-3-4-6-17)14-19(21)9-10-23-22;1-6-11(7-2)12(15)10-13(16)14(5,8-3)9-4;/h2*7-12,14,17H,3-6H2,1-2H3;10-11,16H,6-9H2,1-5H3;/q2*-1;;/b;;13-10-;/i9D,10D;;;. The van der Waals surface area contributed by atoms with Gasteiger partial charge in [-0.3, -0.25) is 4.79 Å². The van der Waals surface area contributed by atoms with Crippen LogP contribution in [0.15, 0.2) is 97.0 Å². The smallest absolute Gasteiger partial charge is 0.162 e. The molecule has 0 unspecified atom stereocenters. The molecule has 6 aromatic rings. The molecule has 2 saturated carbocycles. The van der Waals surface area contributed by atoms with E-state index in [2.05, 4.69) is 110 Å². The number of aliphatic hydroxyl groups excluding tert-OH is 1. The number of carbonyl (C=O) groups excluding carboxylic acids is 1. The van der Waals surface area contributed by atoms with E-state index in [0.29, 0.717) is 5.92 Å². The predicted molar refractivity (Wildman–Crippen MR) is 262 cm³/mol. The van der Waals surface area contributed by atoms with Gasteiger partial charge in [0.1, 0.15) is 5.76 Å². The molecule has 0 saturated heterocycles. The molecule has 2 aliphatic carbocycles. The monoisotopic (exact) mass is 1020 g/mol. The SMILES string of the molecule is CCC(CC)C(=O)/C=C(\O)C(C)(CC)CC.Cc1[c-]c(-c2nccc3cc(C4CCCC4)ccc23)cc(C)c1.[2H]c1nc(-c2[c-]c(C)cc(C)c2)c2ccc(C3CCCC3)cc2c1[2H].[Ir]. The minimum atomic E-state index is -0.248. The minimum absolute atomic E-state index is 0. The Kier molecular flexibility index (Phi) is 17.0. The van der Waals surface area contributed by atoms with Crippen LogP contribution in [-0.2, 0) is 24.9 Å². The number of rotatable bonds is 11. The Hall–Kier alpha value is -4.44. The van der Waals surface area contributed by atoms with Gasteiger partial charge in [0.05, 0.1) is 2.74 Å². The van der Waals surface area contributed by atoms with Crippen molar-refractivity contribution in [3.8, 4) is 22.5 Å². The van der Waals surface area contributed by atoms with E-state index < -0.39 is 0 Å². The zero-order chi connectivity index (χ0) is 46.1. The summed E-state index contributed by atoms with van der Waals surface area (Å²) in [7, 11) is 0.